The summed E-state index contributed by atoms with van der Waals surface area (Å²) in [7, 11) is 0. The number of carbonyl (C=O) groups excluding carboxylic acids is 1. The summed E-state index contributed by atoms with van der Waals surface area (Å²) in [5.74, 6) is 2.48. The van der Waals surface area contributed by atoms with Crippen molar-refractivity contribution in [3.8, 4) is 18.1 Å². The fraction of sp³-hybridized carbons (Fsp3) is 0.294. The largest absolute Gasteiger partial charge is 0.467 e. The van der Waals surface area contributed by atoms with Crippen LogP contribution in [0.1, 0.15) is 18.1 Å². The Labute approximate surface area is 139 Å². The molecule has 0 saturated heterocycles. The number of aromatic nitrogens is 1. The molecule has 1 atom stereocenters. The third kappa shape index (κ3) is 3.93. The second-order valence-corrected chi connectivity index (χ2v) is 6.06. The van der Waals surface area contributed by atoms with Crippen molar-refractivity contribution in [2.24, 2.45) is 0 Å². The first-order valence-electron chi connectivity index (χ1n) is 7.00. The van der Waals surface area contributed by atoms with Gasteiger partial charge in [0, 0.05) is 23.7 Å². The van der Waals surface area contributed by atoms with Crippen molar-refractivity contribution < 1.29 is 13.9 Å². The minimum Gasteiger partial charge on any atom is -0.467 e. The second-order valence-electron chi connectivity index (χ2n) is 5.21. The number of thiol groups is 1. The van der Waals surface area contributed by atoms with Gasteiger partial charge >= 0.3 is 0 Å². The number of ether oxygens (including phenoxy) is 1. The molecule has 0 saturated carbocycles. The van der Waals surface area contributed by atoms with Crippen molar-refractivity contribution >= 4 is 29.4 Å². The molecule has 23 heavy (non-hydrogen) atoms. The lowest BCUT2D eigenvalue weighted by Gasteiger charge is -2.24. The van der Waals surface area contributed by atoms with E-state index in [1.165, 1.54) is 6.92 Å². The van der Waals surface area contributed by atoms with Crippen molar-refractivity contribution in [3.05, 3.63) is 35.5 Å². The predicted octanol–water partition coefficient (Wildman–Crippen LogP) is 2.64. The van der Waals surface area contributed by atoms with Gasteiger partial charge in [-0.05, 0) is 37.6 Å². The smallest absolute Gasteiger partial charge is 0.274 e. The maximum absolute atomic E-state index is 12.2. The Kier molecular flexibility index (Phi) is 5.12. The van der Waals surface area contributed by atoms with E-state index in [1.807, 2.05) is 13.0 Å². The molecule has 1 unspecified atom stereocenters. The predicted molar refractivity (Wildman–Crippen MR) is 91.4 cm³/mol. The quantitative estimate of drug-likeness (QED) is 0.503. The van der Waals surface area contributed by atoms with E-state index in [2.05, 4.69) is 28.8 Å². The molecule has 0 radical (unpaired) electrons. The normalized spacial score (nSPS) is 13.2. The molecule has 2 rings (SSSR count). The Balaban J connectivity index is 2.33. The lowest BCUT2D eigenvalue weighted by Crippen LogP contribution is -2.45. The van der Waals surface area contributed by atoms with Crippen LogP contribution in [-0.4, -0.2) is 29.0 Å². The van der Waals surface area contributed by atoms with Gasteiger partial charge in [-0.15, -0.1) is 19.1 Å². The van der Waals surface area contributed by atoms with Gasteiger partial charge < -0.3 is 10.1 Å². The average molecular weight is 332 g/mol. The molecular weight excluding hydrogens is 315 g/mol. The van der Waals surface area contributed by atoms with Crippen LogP contribution in [0.4, 0.5) is 4.39 Å². The molecule has 2 aromatic rings. The van der Waals surface area contributed by atoms with Crippen molar-refractivity contribution in [1.29, 1.82) is 0 Å². The van der Waals surface area contributed by atoms with Gasteiger partial charge in [-0.2, -0.15) is 0 Å². The first kappa shape index (κ1) is 17.1. The van der Waals surface area contributed by atoms with Crippen molar-refractivity contribution in [2.45, 2.75) is 18.8 Å². The van der Waals surface area contributed by atoms with Gasteiger partial charge in [0.25, 0.3) is 5.91 Å². The second kappa shape index (κ2) is 6.88. The van der Waals surface area contributed by atoms with Crippen molar-refractivity contribution in [2.75, 3.05) is 13.2 Å². The molecular formula is C17H17FN2O2S. The number of nitrogens with zero attached hydrogens (tertiary/aromatic N) is 1. The molecule has 4 nitrogen and oxygen atoms in total. The number of nitrogens with one attached hydrogen (secondary N) is 1. The number of hydrogen-bond donors (Lipinski definition) is 2. The number of carbonyl (C=O) groups is 1. The van der Waals surface area contributed by atoms with Crippen LogP contribution < -0.4 is 10.1 Å². The zero-order valence-electron chi connectivity index (χ0n) is 12.9. The van der Waals surface area contributed by atoms with E-state index in [9.17, 15) is 9.18 Å². The summed E-state index contributed by atoms with van der Waals surface area (Å²) in [6.45, 7) is 2.66. The standard InChI is InChI=1S/C17H17FN2O2S/c1-4-12-8-13-9-14(7-11(2)15(13)20-10-12)22-17(3,23)16(21)19-6-5-18/h1,7-10,23H,5-6H2,2-3H3,(H,19,21). The van der Waals surface area contributed by atoms with Gasteiger partial charge in [0.15, 0.2) is 0 Å². The molecule has 1 aromatic carbocycles. The van der Waals surface area contributed by atoms with E-state index in [4.69, 9.17) is 11.2 Å². The van der Waals surface area contributed by atoms with Crippen molar-refractivity contribution in [1.82, 2.24) is 10.3 Å². The number of rotatable bonds is 5. The molecule has 120 valence electrons. The topological polar surface area (TPSA) is 51.2 Å². The highest BCUT2D eigenvalue weighted by molar-refractivity contribution is 7.82. The Morgan fingerprint density at radius 3 is 2.91 bits per heavy atom. The monoisotopic (exact) mass is 332 g/mol. The first-order chi connectivity index (χ1) is 10.9. The SMILES string of the molecule is C#Cc1cnc2c(C)cc(OC(C)(S)C(=O)NCCF)cc2c1. The third-order valence-corrected chi connectivity index (χ3v) is 3.53. The van der Waals surface area contributed by atoms with Crippen LogP contribution in [0, 0.1) is 19.3 Å². The summed E-state index contributed by atoms with van der Waals surface area (Å²) in [5, 5.41) is 3.22. The number of pyridine rings is 1. The van der Waals surface area contributed by atoms with Gasteiger partial charge in [-0.1, -0.05) is 5.92 Å². The van der Waals surface area contributed by atoms with Crippen LogP contribution >= 0.6 is 12.6 Å². The van der Waals surface area contributed by atoms with Crippen LogP contribution in [0.2, 0.25) is 0 Å². The zero-order chi connectivity index (χ0) is 17.0. The molecule has 0 spiro atoms. The van der Waals surface area contributed by atoms with E-state index in [0.29, 0.717) is 11.3 Å². The van der Waals surface area contributed by atoms with Crippen LogP contribution in [0.15, 0.2) is 24.4 Å². The van der Waals surface area contributed by atoms with Gasteiger partial charge in [0.1, 0.15) is 12.4 Å². The van der Waals surface area contributed by atoms with Gasteiger partial charge in [0.05, 0.1) is 5.52 Å². The molecule has 0 aliphatic rings. The number of alkyl halides is 1. The molecule has 1 heterocycles. The first-order valence-corrected chi connectivity index (χ1v) is 7.45. The van der Waals surface area contributed by atoms with Gasteiger partial charge in [-0.3, -0.25) is 9.78 Å². The van der Waals surface area contributed by atoms with Crippen LogP contribution in [0.25, 0.3) is 10.9 Å². The molecule has 0 fully saturated rings. The Morgan fingerprint density at radius 1 is 1.52 bits per heavy atom. The van der Waals surface area contributed by atoms with Crippen molar-refractivity contribution in [3.63, 3.8) is 0 Å². The summed E-state index contributed by atoms with van der Waals surface area (Å²) < 4.78 is 17.8. The number of amides is 1. The third-order valence-electron chi connectivity index (χ3n) is 3.23. The molecule has 0 aliphatic heterocycles. The Morgan fingerprint density at radius 2 is 2.26 bits per heavy atom. The highest BCUT2D eigenvalue weighted by Gasteiger charge is 2.31. The summed E-state index contributed by atoms with van der Waals surface area (Å²) in [6, 6.07) is 5.33. The van der Waals surface area contributed by atoms with Gasteiger partial charge in [-0.25, -0.2) is 4.39 Å². The fourth-order valence-electron chi connectivity index (χ4n) is 2.14. The maximum atomic E-state index is 12.2. The van der Waals surface area contributed by atoms with Gasteiger partial charge in [0.2, 0.25) is 4.93 Å². The van der Waals surface area contributed by atoms with E-state index in [0.717, 1.165) is 16.5 Å². The number of hydrogen-bond acceptors (Lipinski definition) is 4. The molecule has 0 bridgehead atoms. The zero-order valence-corrected chi connectivity index (χ0v) is 13.8. The number of terminal acetylenes is 1. The van der Waals surface area contributed by atoms with Crippen LogP contribution in [0.5, 0.6) is 5.75 Å². The Hall–Kier alpha value is -2.26. The lowest BCUT2D eigenvalue weighted by atomic mass is 10.1. The minimum atomic E-state index is -1.42. The highest BCUT2D eigenvalue weighted by Crippen LogP contribution is 2.28. The van der Waals surface area contributed by atoms with Crippen LogP contribution in [-0.2, 0) is 4.79 Å². The molecule has 1 N–H and O–H groups in total. The van der Waals surface area contributed by atoms with E-state index in [1.54, 1.807) is 18.3 Å². The fourth-order valence-corrected chi connectivity index (χ4v) is 2.32. The number of benzene rings is 1. The molecule has 6 heteroatoms. The number of halogens is 1. The average Bonchev–Trinajstić information content (AvgIpc) is 2.51. The summed E-state index contributed by atoms with van der Waals surface area (Å²) in [4.78, 5) is 14.9. The molecule has 1 amide bonds. The summed E-state index contributed by atoms with van der Waals surface area (Å²) in [6.07, 6.45) is 7.02. The highest BCUT2D eigenvalue weighted by atomic mass is 32.1. The van der Waals surface area contributed by atoms with Crippen LogP contribution in [0.3, 0.4) is 0 Å². The molecule has 1 aromatic heterocycles. The van der Waals surface area contributed by atoms with E-state index >= 15 is 0 Å². The van der Waals surface area contributed by atoms with E-state index < -0.39 is 17.5 Å². The van der Waals surface area contributed by atoms with E-state index in [-0.39, 0.29) is 6.54 Å². The maximum Gasteiger partial charge on any atom is 0.274 e. The summed E-state index contributed by atoms with van der Waals surface area (Å²) >= 11 is 4.23. The Bertz CT molecular complexity index is 784. The number of aryl methyl sites for hydroxylation is 1. The lowest BCUT2D eigenvalue weighted by molar-refractivity contribution is -0.129. The molecule has 0 aliphatic carbocycles. The number of fused-ring (bicyclic) bond motifs is 1. The minimum absolute atomic E-state index is 0.0788. The summed E-state index contributed by atoms with van der Waals surface area (Å²) in [5.41, 5.74) is 2.34.